The Morgan fingerprint density at radius 2 is 2.04 bits per heavy atom. The molecule has 0 bridgehead atoms. The van der Waals surface area contributed by atoms with Crippen LogP contribution in [0.15, 0.2) is 24.3 Å². The van der Waals surface area contributed by atoms with Gasteiger partial charge in [0.15, 0.2) is 5.11 Å². The summed E-state index contributed by atoms with van der Waals surface area (Å²) >= 11 is 6.49. The Balaban J connectivity index is 1.80. The van der Waals surface area contributed by atoms with Crippen molar-refractivity contribution in [2.45, 2.75) is 32.5 Å². The number of nitrogens with one attached hydrogen (secondary N) is 2. The summed E-state index contributed by atoms with van der Waals surface area (Å²) in [6.07, 6.45) is 0.489. The Morgan fingerprint density at radius 1 is 1.32 bits per heavy atom. The van der Waals surface area contributed by atoms with Gasteiger partial charge in [0.05, 0.1) is 30.4 Å². The Morgan fingerprint density at radius 3 is 2.71 bits per heavy atom. The molecule has 0 fully saturated rings. The molecule has 3 rings (SSSR count). The zero-order valence-electron chi connectivity index (χ0n) is 15.6. The molecule has 1 aromatic heterocycles. The SMILES string of the molecule is COc1ccccc1C(=O)NC(=S)Nc1sc2c(c1C(=O)O)CC(C)(C)OC2. The second-order valence-corrected chi connectivity index (χ2v) is 8.36. The molecule has 1 amide bonds. The van der Waals surface area contributed by atoms with Gasteiger partial charge < -0.3 is 19.9 Å². The number of aromatic carboxylic acids is 1. The first-order chi connectivity index (χ1) is 13.2. The van der Waals surface area contributed by atoms with E-state index in [1.165, 1.54) is 18.4 Å². The quantitative estimate of drug-likeness (QED) is 0.652. The van der Waals surface area contributed by atoms with E-state index in [-0.39, 0.29) is 10.7 Å². The van der Waals surface area contributed by atoms with Crippen molar-refractivity contribution in [3.63, 3.8) is 0 Å². The maximum absolute atomic E-state index is 12.5. The summed E-state index contributed by atoms with van der Waals surface area (Å²) in [6, 6.07) is 6.75. The molecule has 2 aromatic rings. The fourth-order valence-corrected chi connectivity index (χ4v) is 4.39. The Kier molecular flexibility index (Phi) is 5.69. The van der Waals surface area contributed by atoms with Crippen LogP contribution in [0.25, 0.3) is 0 Å². The molecule has 0 unspecified atom stereocenters. The zero-order valence-corrected chi connectivity index (χ0v) is 17.3. The van der Waals surface area contributed by atoms with Gasteiger partial charge >= 0.3 is 5.97 Å². The highest BCUT2D eigenvalue weighted by molar-refractivity contribution is 7.80. The van der Waals surface area contributed by atoms with Crippen molar-refractivity contribution in [3.05, 3.63) is 45.8 Å². The lowest BCUT2D eigenvalue weighted by Crippen LogP contribution is -2.34. The highest BCUT2D eigenvalue weighted by atomic mass is 32.1. The van der Waals surface area contributed by atoms with Crippen LogP contribution in [0, 0.1) is 0 Å². The number of thiocarbonyl (C=S) groups is 1. The lowest BCUT2D eigenvalue weighted by molar-refractivity contribution is -0.0384. The number of anilines is 1. The summed E-state index contributed by atoms with van der Waals surface area (Å²) in [5.74, 6) is -1.07. The molecule has 0 aliphatic carbocycles. The van der Waals surface area contributed by atoms with E-state index in [4.69, 9.17) is 21.7 Å². The Labute approximate surface area is 171 Å². The van der Waals surface area contributed by atoms with Crippen LogP contribution < -0.4 is 15.4 Å². The molecule has 148 valence electrons. The van der Waals surface area contributed by atoms with Gasteiger partial charge in [0, 0.05) is 11.3 Å². The van der Waals surface area contributed by atoms with Crippen LogP contribution in [0.5, 0.6) is 5.75 Å². The van der Waals surface area contributed by atoms with Gasteiger partial charge in [-0.1, -0.05) is 12.1 Å². The van der Waals surface area contributed by atoms with Crippen molar-refractivity contribution in [2.24, 2.45) is 0 Å². The van der Waals surface area contributed by atoms with Gasteiger partial charge in [-0.05, 0) is 43.8 Å². The van der Waals surface area contributed by atoms with E-state index < -0.39 is 17.5 Å². The zero-order chi connectivity index (χ0) is 20.5. The number of benzene rings is 1. The number of carbonyl (C=O) groups excluding carboxylic acids is 1. The number of amides is 1. The number of rotatable bonds is 4. The van der Waals surface area contributed by atoms with E-state index in [1.54, 1.807) is 24.3 Å². The maximum Gasteiger partial charge on any atom is 0.339 e. The maximum atomic E-state index is 12.5. The average molecular weight is 421 g/mol. The molecule has 7 nitrogen and oxygen atoms in total. The van der Waals surface area contributed by atoms with Crippen LogP contribution >= 0.6 is 23.6 Å². The van der Waals surface area contributed by atoms with Crippen LogP contribution in [0.2, 0.25) is 0 Å². The van der Waals surface area contributed by atoms with Crippen molar-refractivity contribution < 1.29 is 24.2 Å². The molecule has 0 spiro atoms. The largest absolute Gasteiger partial charge is 0.496 e. The third kappa shape index (κ3) is 4.16. The lowest BCUT2D eigenvalue weighted by Gasteiger charge is -2.30. The Hall–Kier alpha value is -2.49. The van der Waals surface area contributed by atoms with E-state index in [0.717, 1.165) is 10.4 Å². The summed E-state index contributed by atoms with van der Waals surface area (Å²) in [6.45, 7) is 4.18. The minimum absolute atomic E-state index is 0.0113. The predicted octanol–water partition coefficient (Wildman–Crippen LogP) is 3.43. The van der Waals surface area contributed by atoms with Crippen LogP contribution in [0.4, 0.5) is 5.00 Å². The topological polar surface area (TPSA) is 96.9 Å². The second-order valence-electron chi connectivity index (χ2n) is 6.85. The molecular weight excluding hydrogens is 400 g/mol. The first-order valence-electron chi connectivity index (χ1n) is 8.49. The van der Waals surface area contributed by atoms with Crippen molar-refractivity contribution >= 4 is 45.5 Å². The van der Waals surface area contributed by atoms with E-state index in [1.807, 2.05) is 13.8 Å². The minimum atomic E-state index is -1.04. The minimum Gasteiger partial charge on any atom is -0.496 e. The van der Waals surface area contributed by atoms with E-state index in [0.29, 0.717) is 29.3 Å². The van der Waals surface area contributed by atoms with Gasteiger partial charge in [0.1, 0.15) is 10.8 Å². The summed E-state index contributed by atoms with van der Waals surface area (Å²) in [5.41, 5.74) is 0.808. The van der Waals surface area contributed by atoms with Crippen molar-refractivity contribution in [3.8, 4) is 5.75 Å². The van der Waals surface area contributed by atoms with Crippen LogP contribution in [0.1, 0.15) is 45.0 Å². The van der Waals surface area contributed by atoms with Crippen LogP contribution in [0.3, 0.4) is 0 Å². The lowest BCUT2D eigenvalue weighted by atomic mass is 9.93. The van der Waals surface area contributed by atoms with E-state index in [9.17, 15) is 14.7 Å². The Bertz CT molecular complexity index is 952. The fraction of sp³-hybridized carbons (Fsp3) is 0.316. The average Bonchev–Trinajstić information content (AvgIpc) is 2.97. The summed E-state index contributed by atoms with van der Waals surface area (Å²) in [7, 11) is 1.47. The smallest absolute Gasteiger partial charge is 0.339 e. The summed E-state index contributed by atoms with van der Waals surface area (Å²) in [4.78, 5) is 25.2. The van der Waals surface area contributed by atoms with Gasteiger partial charge in [-0.25, -0.2) is 4.79 Å². The van der Waals surface area contributed by atoms with Crippen molar-refractivity contribution in [1.82, 2.24) is 5.32 Å². The number of methoxy groups -OCH3 is 1. The number of fused-ring (bicyclic) bond motifs is 1. The second kappa shape index (κ2) is 7.86. The molecule has 3 N–H and O–H groups in total. The molecular formula is C19H20N2O5S2. The molecule has 28 heavy (non-hydrogen) atoms. The number of carboxylic acids is 1. The normalized spacial score (nSPS) is 14.7. The van der Waals surface area contributed by atoms with Crippen molar-refractivity contribution in [2.75, 3.05) is 12.4 Å². The monoisotopic (exact) mass is 420 g/mol. The van der Waals surface area contributed by atoms with Crippen LogP contribution in [-0.2, 0) is 17.8 Å². The fourth-order valence-electron chi connectivity index (χ4n) is 3.00. The number of ether oxygens (including phenoxy) is 2. The van der Waals surface area contributed by atoms with Gasteiger partial charge in [-0.3, -0.25) is 10.1 Å². The molecule has 2 heterocycles. The molecule has 0 atom stereocenters. The number of thiophene rings is 1. The third-order valence-electron chi connectivity index (χ3n) is 4.31. The summed E-state index contributed by atoms with van der Waals surface area (Å²) in [5, 5.41) is 15.5. The van der Waals surface area contributed by atoms with Gasteiger partial charge in [-0.15, -0.1) is 11.3 Å². The van der Waals surface area contributed by atoms with Crippen molar-refractivity contribution in [1.29, 1.82) is 0 Å². The number of para-hydroxylation sites is 1. The number of hydrogen-bond acceptors (Lipinski definition) is 6. The van der Waals surface area contributed by atoms with E-state index >= 15 is 0 Å². The standard InChI is InChI=1S/C19H20N2O5S2/c1-19(2)8-11-13(9-26-19)28-16(14(11)17(23)24)21-18(27)20-15(22)10-6-4-5-7-12(10)25-3/h4-7H,8-9H2,1-3H3,(H,23,24)(H2,20,21,22,27). The summed E-state index contributed by atoms with van der Waals surface area (Å²) < 4.78 is 10.9. The molecule has 0 radical (unpaired) electrons. The molecule has 1 aromatic carbocycles. The first-order valence-corrected chi connectivity index (χ1v) is 9.71. The molecule has 0 saturated heterocycles. The molecule has 1 aliphatic heterocycles. The highest BCUT2D eigenvalue weighted by Gasteiger charge is 2.33. The molecule has 9 heteroatoms. The number of carbonyl (C=O) groups is 2. The van der Waals surface area contributed by atoms with E-state index in [2.05, 4.69) is 10.6 Å². The highest BCUT2D eigenvalue weighted by Crippen LogP contribution is 2.40. The number of hydrogen-bond donors (Lipinski definition) is 3. The molecule has 1 aliphatic rings. The number of carboxylic acid groups (broad SMARTS) is 1. The van der Waals surface area contributed by atoms with Crippen LogP contribution in [-0.4, -0.2) is 34.8 Å². The van der Waals surface area contributed by atoms with Gasteiger partial charge in [-0.2, -0.15) is 0 Å². The predicted molar refractivity (Wildman–Crippen MR) is 111 cm³/mol. The molecule has 0 saturated carbocycles. The van der Waals surface area contributed by atoms with Gasteiger partial charge in [0.2, 0.25) is 0 Å². The third-order valence-corrected chi connectivity index (χ3v) is 5.63. The first kappa shape index (κ1) is 20.2. The van der Waals surface area contributed by atoms with Gasteiger partial charge in [0.25, 0.3) is 5.91 Å².